The molecule has 1 aromatic heterocycles. The van der Waals surface area contributed by atoms with Crippen LogP contribution in [-0.2, 0) is 29.5 Å². The van der Waals surface area contributed by atoms with Crippen molar-refractivity contribution in [2.45, 2.75) is 31.3 Å². The third-order valence-electron chi connectivity index (χ3n) is 6.64. The van der Waals surface area contributed by atoms with Crippen LogP contribution in [-0.4, -0.2) is 74.6 Å². The molecule has 4 amide bonds. The van der Waals surface area contributed by atoms with Crippen LogP contribution >= 0.6 is 11.3 Å². The lowest BCUT2D eigenvalue weighted by Gasteiger charge is -2.22. The van der Waals surface area contributed by atoms with Crippen LogP contribution in [0.3, 0.4) is 0 Å². The zero-order chi connectivity index (χ0) is 29.0. The van der Waals surface area contributed by atoms with Gasteiger partial charge in [-0.15, -0.1) is 11.3 Å². The number of urea groups is 1. The quantitative estimate of drug-likeness (QED) is 0.418. The fraction of sp³-hybridized carbons (Fsp3) is 0.321. The highest BCUT2D eigenvalue weighted by molar-refractivity contribution is 7.89. The second-order valence-corrected chi connectivity index (χ2v) is 12.8. The maximum atomic E-state index is 13.3. The van der Waals surface area contributed by atoms with E-state index in [-0.39, 0.29) is 22.6 Å². The van der Waals surface area contributed by atoms with Crippen molar-refractivity contribution in [3.05, 3.63) is 81.7 Å². The van der Waals surface area contributed by atoms with Gasteiger partial charge in [0.15, 0.2) is 0 Å². The maximum Gasteiger partial charge on any atom is 0.323 e. The summed E-state index contributed by atoms with van der Waals surface area (Å²) in [7, 11) is 1.27. The summed E-state index contributed by atoms with van der Waals surface area (Å²) >= 11 is 1.31. The Morgan fingerprint density at radius 3 is 2.30 bits per heavy atom. The molecule has 3 aromatic rings. The number of anilines is 1. The second kappa shape index (κ2) is 12.3. The van der Waals surface area contributed by atoms with E-state index in [0.717, 1.165) is 22.5 Å². The molecular weight excluding hydrogens is 550 g/mol. The third kappa shape index (κ3) is 6.41. The minimum Gasteiger partial charge on any atom is -0.331 e. The fourth-order valence-corrected chi connectivity index (χ4v) is 7.14. The molecule has 0 fully saturated rings. The van der Waals surface area contributed by atoms with Gasteiger partial charge in [-0.2, -0.15) is 4.31 Å². The lowest BCUT2D eigenvalue weighted by molar-refractivity contribution is 0.0956. The Labute approximate surface area is 238 Å². The number of nitrogens with one attached hydrogen (secondary N) is 2. The first-order chi connectivity index (χ1) is 19.0. The topological polar surface area (TPSA) is 119 Å². The van der Waals surface area contributed by atoms with E-state index in [0.29, 0.717) is 24.5 Å². The van der Waals surface area contributed by atoms with Crippen LogP contribution in [0, 0.1) is 0 Å². The molecule has 0 saturated heterocycles. The van der Waals surface area contributed by atoms with Crippen molar-refractivity contribution >= 4 is 44.2 Å². The number of carbonyl (C=O) groups is 3. The van der Waals surface area contributed by atoms with Gasteiger partial charge in [-0.25, -0.2) is 13.2 Å². The number of rotatable bonds is 8. The highest BCUT2D eigenvalue weighted by Gasteiger charge is 2.29. The molecule has 1 aliphatic heterocycles. The number of amides is 4. The van der Waals surface area contributed by atoms with Gasteiger partial charge in [-0.3, -0.25) is 14.9 Å². The number of hydrogen-bond acceptors (Lipinski definition) is 7. The van der Waals surface area contributed by atoms with E-state index in [2.05, 4.69) is 15.5 Å². The van der Waals surface area contributed by atoms with Gasteiger partial charge < -0.3 is 15.1 Å². The molecule has 2 N–H and O–H groups in total. The van der Waals surface area contributed by atoms with Crippen LogP contribution in [0.25, 0.3) is 0 Å². The van der Waals surface area contributed by atoms with E-state index in [4.69, 9.17) is 0 Å². The van der Waals surface area contributed by atoms with Crippen molar-refractivity contribution in [3.63, 3.8) is 0 Å². The van der Waals surface area contributed by atoms with Crippen LogP contribution < -0.4 is 10.6 Å². The Morgan fingerprint density at radius 2 is 1.68 bits per heavy atom. The first kappa shape index (κ1) is 29.4. The highest BCUT2D eigenvalue weighted by atomic mass is 32.2. The van der Waals surface area contributed by atoms with Gasteiger partial charge in [-0.05, 0) is 48.9 Å². The van der Waals surface area contributed by atoms with Gasteiger partial charge in [0.1, 0.15) is 5.00 Å². The van der Waals surface area contributed by atoms with Crippen molar-refractivity contribution in [1.82, 2.24) is 19.4 Å². The lowest BCUT2D eigenvalue weighted by atomic mass is 10.0. The summed E-state index contributed by atoms with van der Waals surface area (Å²) in [6.45, 7) is 3.68. The third-order valence-corrected chi connectivity index (χ3v) is 9.70. The number of benzene rings is 2. The van der Waals surface area contributed by atoms with Gasteiger partial charge in [0, 0.05) is 50.7 Å². The average molecular weight is 584 g/mol. The van der Waals surface area contributed by atoms with E-state index in [9.17, 15) is 22.8 Å². The minimum atomic E-state index is -3.78. The molecule has 0 saturated carbocycles. The minimum absolute atomic E-state index is 0.0821. The van der Waals surface area contributed by atoms with Crippen LogP contribution in [0.1, 0.15) is 43.6 Å². The molecule has 40 heavy (non-hydrogen) atoms. The molecule has 10 nitrogen and oxygen atoms in total. The summed E-state index contributed by atoms with van der Waals surface area (Å²) in [5.74, 6) is -1.06. The highest BCUT2D eigenvalue weighted by Crippen LogP contribution is 2.37. The van der Waals surface area contributed by atoms with E-state index in [1.807, 2.05) is 37.4 Å². The summed E-state index contributed by atoms with van der Waals surface area (Å²) in [5, 5.41) is 5.55. The molecular formula is C28H33N5O5S2. The number of imide groups is 1. The molecule has 0 aliphatic carbocycles. The number of nitrogens with zero attached hydrogens (tertiary/aromatic N) is 3. The number of hydrogen-bond donors (Lipinski definition) is 2. The zero-order valence-corrected chi connectivity index (χ0v) is 24.6. The zero-order valence-electron chi connectivity index (χ0n) is 22.9. The molecule has 0 atom stereocenters. The van der Waals surface area contributed by atoms with Gasteiger partial charge in [0.05, 0.1) is 10.5 Å². The number of likely N-dealkylation sites (N-methyl/N-ethyl adjacent to an activating group) is 1. The maximum absolute atomic E-state index is 13.3. The van der Waals surface area contributed by atoms with Crippen molar-refractivity contribution in [2.75, 3.05) is 39.5 Å². The Balaban J connectivity index is 1.56. The first-order valence-electron chi connectivity index (χ1n) is 12.8. The summed E-state index contributed by atoms with van der Waals surface area (Å²) in [6, 6.07) is 14.5. The van der Waals surface area contributed by atoms with E-state index < -0.39 is 27.9 Å². The molecule has 212 valence electrons. The number of carbonyl (C=O) groups excluding carboxylic acids is 3. The smallest absolute Gasteiger partial charge is 0.323 e. The van der Waals surface area contributed by atoms with Crippen molar-refractivity contribution in [2.24, 2.45) is 0 Å². The Bertz CT molecular complexity index is 1500. The van der Waals surface area contributed by atoms with Crippen LogP contribution in [0.15, 0.2) is 59.5 Å². The molecule has 0 bridgehead atoms. The van der Waals surface area contributed by atoms with Crippen molar-refractivity contribution < 1.29 is 22.8 Å². The van der Waals surface area contributed by atoms with Crippen molar-refractivity contribution in [1.29, 1.82) is 0 Å². The second-order valence-electron chi connectivity index (χ2n) is 9.74. The fourth-order valence-electron chi connectivity index (χ4n) is 4.39. The summed E-state index contributed by atoms with van der Waals surface area (Å²) in [6.07, 6.45) is 0.612. The predicted octanol–water partition coefficient (Wildman–Crippen LogP) is 3.61. The van der Waals surface area contributed by atoms with Gasteiger partial charge in [0.2, 0.25) is 10.0 Å². The van der Waals surface area contributed by atoms with Crippen molar-refractivity contribution in [3.8, 4) is 0 Å². The van der Waals surface area contributed by atoms with Gasteiger partial charge in [0.25, 0.3) is 11.8 Å². The average Bonchev–Trinajstić information content (AvgIpc) is 3.28. The number of thiophene rings is 1. The van der Waals surface area contributed by atoms with E-state index >= 15 is 0 Å². The molecule has 2 heterocycles. The largest absolute Gasteiger partial charge is 0.331 e. The van der Waals surface area contributed by atoms with Crippen LogP contribution in [0.4, 0.5) is 9.80 Å². The predicted molar refractivity (Wildman–Crippen MR) is 155 cm³/mol. The Kier molecular flexibility index (Phi) is 9.04. The summed E-state index contributed by atoms with van der Waals surface area (Å²) < 4.78 is 27.9. The normalized spacial score (nSPS) is 13.5. The molecule has 1 aliphatic rings. The monoisotopic (exact) mass is 583 g/mol. The van der Waals surface area contributed by atoms with Gasteiger partial charge >= 0.3 is 6.03 Å². The van der Waals surface area contributed by atoms with E-state index in [1.54, 1.807) is 6.92 Å². The SMILES string of the molecule is CCN(Cc1ccccc1)S(=O)(=O)c1ccc(C(=O)Nc2sc3c(c2C(=O)NC(=O)N(C)C)CCN(C)C3)cc1. The van der Waals surface area contributed by atoms with Crippen LogP contribution in [0.2, 0.25) is 0 Å². The van der Waals surface area contributed by atoms with E-state index in [1.165, 1.54) is 58.9 Å². The number of sulfonamides is 1. The Morgan fingerprint density at radius 1 is 1.00 bits per heavy atom. The lowest BCUT2D eigenvalue weighted by Crippen LogP contribution is -2.39. The molecule has 2 aromatic carbocycles. The first-order valence-corrected chi connectivity index (χ1v) is 15.1. The summed E-state index contributed by atoms with van der Waals surface area (Å²) in [5.41, 5.74) is 2.22. The van der Waals surface area contributed by atoms with Crippen LogP contribution in [0.5, 0.6) is 0 Å². The molecule has 12 heteroatoms. The summed E-state index contributed by atoms with van der Waals surface area (Å²) in [4.78, 5) is 42.9. The molecule has 0 radical (unpaired) electrons. The molecule has 0 unspecified atom stereocenters. The van der Waals surface area contributed by atoms with Gasteiger partial charge in [-0.1, -0.05) is 37.3 Å². The Hall–Kier alpha value is -3.58. The molecule has 0 spiro atoms. The standard InChI is InChI=1S/C28H33N5O5S2/c1-5-33(17-19-9-7-6-8-10-19)40(37,38)21-13-11-20(12-14-21)25(34)29-27-24(26(35)30-28(36)31(2)3)22-15-16-32(4)18-23(22)39-27/h6-14H,5,15-18H2,1-4H3,(H,29,34)(H,30,35,36). The molecule has 4 rings (SSSR count). The number of fused-ring (bicyclic) bond motifs is 1.